The highest BCUT2D eigenvalue weighted by Gasteiger charge is 2.26. The van der Waals surface area contributed by atoms with Crippen LogP contribution in [0.4, 0.5) is 0 Å². The standard InChI is InChI=1S/C16H26N2O/c1-15(2,3)11-7-10(9-13(17)18)8-12(14(11)19)16(4,5)6/h7-9,19H,17-18H2,1-6H3. The van der Waals surface area contributed by atoms with Crippen LogP contribution in [0.15, 0.2) is 18.0 Å². The number of benzene rings is 1. The van der Waals surface area contributed by atoms with Crippen LogP contribution in [0.3, 0.4) is 0 Å². The lowest BCUT2D eigenvalue weighted by Gasteiger charge is -2.27. The Labute approximate surface area is 116 Å². The molecular formula is C16H26N2O. The third-order valence-corrected chi connectivity index (χ3v) is 3.08. The lowest BCUT2D eigenvalue weighted by atomic mass is 9.78. The molecule has 3 nitrogen and oxygen atoms in total. The van der Waals surface area contributed by atoms with E-state index in [1.165, 1.54) is 0 Å². The van der Waals surface area contributed by atoms with Crippen molar-refractivity contribution in [3.8, 4) is 5.75 Å². The molecule has 0 amide bonds. The van der Waals surface area contributed by atoms with Crippen LogP contribution in [-0.4, -0.2) is 5.11 Å². The Morgan fingerprint density at radius 1 is 0.947 bits per heavy atom. The van der Waals surface area contributed by atoms with Gasteiger partial charge in [-0.05, 0) is 34.6 Å². The highest BCUT2D eigenvalue weighted by molar-refractivity contribution is 5.60. The Hall–Kier alpha value is -1.64. The van der Waals surface area contributed by atoms with E-state index < -0.39 is 0 Å². The number of hydrogen-bond acceptors (Lipinski definition) is 3. The van der Waals surface area contributed by atoms with E-state index in [4.69, 9.17) is 11.5 Å². The van der Waals surface area contributed by atoms with Gasteiger partial charge in [0, 0.05) is 11.1 Å². The van der Waals surface area contributed by atoms with Crippen LogP contribution < -0.4 is 11.5 Å². The first-order valence-corrected chi connectivity index (χ1v) is 6.53. The summed E-state index contributed by atoms with van der Waals surface area (Å²) in [5, 5.41) is 10.5. The molecule has 3 heteroatoms. The number of rotatable bonds is 1. The third-order valence-electron chi connectivity index (χ3n) is 3.08. The predicted octanol–water partition coefficient (Wildman–Crippen LogP) is 3.20. The number of aromatic hydroxyl groups is 1. The SMILES string of the molecule is CC(C)(C)c1cc(C=C(N)N)cc(C(C)(C)C)c1O. The summed E-state index contributed by atoms with van der Waals surface area (Å²) in [5.74, 6) is 0.637. The normalized spacial score (nSPS) is 12.3. The molecule has 0 atom stereocenters. The van der Waals surface area contributed by atoms with Crippen molar-refractivity contribution >= 4 is 6.08 Å². The van der Waals surface area contributed by atoms with Crippen molar-refractivity contribution in [1.82, 2.24) is 0 Å². The van der Waals surface area contributed by atoms with E-state index in [1.54, 1.807) is 6.08 Å². The molecule has 1 aromatic carbocycles. The van der Waals surface area contributed by atoms with Crippen molar-refractivity contribution < 1.29 is 5.11 Å². The Morgan fingerprint density at radius 2 is 1.32 bits per heavy atom. The second-order valence-corrected chi connectivity index (χ2v) is 7.11. The Balaban J connectivity index is 3.62. The van der Waals surface area contributed by atoms with Gasteiger partial charge in [-0.2, -0.15) is 0 Å². The molecule has 0 saturated carbocycles. The van der Waals surface area contributed by atoms with E-state index in [9.17, 15) is 5.11 Å². The summed E-state index contributed by atoms with van der Waals surface area (Å²) in [6, 6.07) is 3.90. The maximum atomic E-state index is 10.5. The van der Waals surface area contributed by atoms with Gasteiger partial charge < -0.3 is 16.6 Å². The minimum absolute atomic E-state index is 0.142. The van der Waals surface area contributed by atoms with Crippen LogP contribution in [0.25, 0.3) is 6.08 Å². The molecule has 0 spiro atoms. The van der Waals surface area contributed by atoms with E-state index >= 15 is 0 Å². The van der Waals surface area contributed by atoms with Gasteiger partial charge in [0.05, 0.1) is 5.82 Å². The number of hydrogen-bond donors (Lipinski definition) is 3. The minimum Gasteiger partial charge on any atom is -0.507 e. The molecule has 1 aromatic rings. The summed E-state index contributed by atoms with van der Waals surface area (Å²) >= 11 is 0. The predicted molar refractivity (Wildman–Crippen MR) is 81.9 cm³/mol. The molecule has 106 valence electrons. The van der Waals surface area contributed by atoms with Crippen molar-refractivity contribution in [2.75, 3.05) is 0 Å². The molecule has 19 heavy (non-hydrogen) atoms. The monoisotopic (exact) mass is 262 g/mol. The van der Waals surface area contributed by atoms with Crippen LogP contribution in [0.1, 0.15) is 58.2 Å². The summed E-state index contributed by atoms with van der Waals surface area (Å²) in [6.07, 6.45) is 1.73. The van der Waals surface area contributed by atoms with Crippen molar-refractivity contribution in [2.24, 2.45) is 11.5 Å². The van der Waals surface area contributed by atoms with Crippen molar-refractivity contribution in [3.63, 3.8) is 0 Å². The Morgan fingerprint density at radius 3 is 1.58 bits per heavy atom. The molecule has 0 aromatic heterocycles. The summed E-state index contributed by atoms with van der Waals surface area (Å²) in [7, 11) is 0. The van der Waals surface area contributed by atoms with E-state index in [1.807, 2.05) is 12.1 Å². The van der Waals surface area contributed by atoms with Gasteiger partial charge in [0.1, 0.15) is 5.75 Å². The van der Waals surface area contributed by atoms with Crippen LogP contribution >= 0.6 is 0 Å². The first-order valence-electron chi connectivity index (χ1n) is 6.53. The largest absolute Gasteiger partial charge is 0.507 e. The molecular weight excluding hydrogens is 236 g/mol. The summed E-state index contributed by atoms with van der Waals surface area (Å²) in [5.41, 5.74) is 13.6. The molecule has 0 unspecified atom stereocenters. The topological polar surface area (TPSA) is 72.3 Å². The van der Waals surface area contributed by atoms with Gasteiger partial charge in [0.2, 0.25) is 0 Å². The second-order valence-electron chi connectivity index (χ2n) is 7.11. The molecule has 0 aliphatic rings. The first-order chi connectivity index (χ1) is 8.43. The number of phenols is 1. The summed E-state index contributed by atoms with van der Waals surface area (Å²) in [6.45, 7) is 12.5. The summed E-state index contributed by atoms with van der Waals surface area (Å²) in [4.78, 5) is 0. The highest BCUT2D eigenvalue weighted by Crippen LogP contribution is 2.39. The van der Waals surface area contributed by atoms with E-state index in [2.05, 4.69) is 41.5 Å². The summed E-state index contributed by atoms with van der Waals surface area (Å²) < 4.78 is 0. The lowest BCUT2D eigenvalue weighted by molar-refractivity contribution is 0.423. The molecule has 5 N–H and O–H groups in total. The van der Waals surface area contributed by atoms with Gasteiger partial charge in [-0.1, -0.05) is 41.5 Å². The van der Waals surface area contributed by atoms with Crippen LogP contribution in [0.5, 0.6) is 5.75 Å². The van der Waals surface area contributed by atoms with Crippen LogP contribution in [0.2, 0.25) is 0 Å². The highest BCUT2D eigenvalue weighted by atomic mass is 16.3. The van der Waals surface area contributed by atoms with Crippen LogP contribution in [-0.2, 0) is 10.8 Å². The van der Waals surface area contributed by atoms with Crippen molar-refractivity contribution in [2.45, 2.75) is 52.4 Å². The minimum atomic E-state index is -0.142. The van der Waals surface area contributed by atoms with Gasteiger partial charge >= 0.3 is 0 Å². The van der Waals surface area contributed by atoms with Gasteiger partial charge in [0.25, 0.3) is 0 Å². The molecule has 0 aliphatic heterocycles. The smallest absolute Gasteiger partial charge is 0.123 e. The zero-order valence-electron chi connectivity index (χ0n) is 12.8. The third kappa shape index (κ3) is 3.66. The Bertz CT molecular complexity index is 463. The maximum Gasteiger partial charge on any atom is 0.123 e. The molecule has 0 saturated heterocycles. The number of nitrogens with two attached hydrogens (primary N) is 2. The van der Waals surface area contributed by atoms with Gasteiger partial charge in [-0.15, -0.1) is 0 Å². The average molecular weight is 262 g/mol. The molecule has 0 aliphatic carbocycles. The zero-order valence-corrected chi connectivity index (χ0v) is 12.8. The quantitative estimate of drug-likeness (QED) is 0.727. The van der Waals surface area contributed by atoms with Gasteiger partial charge in [0.15, 0.2) is 0 Å². The maximum absolute atomic E-state index is 10.5. The van der Waals surface area contributed by atoms with E-state index in [0.29, 0.717) is 5.75 Å². The van der Waals surface area contributed by atoms with Crippen molar-refractivity contribution in [1.29, 1.82) is 0 Å². The molecule has 0 bridgehead atoms. The van der Waals surface area contributed by atoms with Crippen LogP contribution in [0, 0.1) is 0 Å². The molecule has 0 fully saturated rings. The fourth-order valence-electron chi connectivity index (χ4n) is 2.08. The molecule has 0 radical (unpaired) electrons. The fourth-order valence-corrected chi connectivity index (χ4v) is 2.08. The first kappa shape index (κ1) is 15.4. The van der Waals surface area contributed by atoms with E-state index in [0.717, 1.165) is 16.7 Å². The van der Waals surface area contributed by atoms with E-state index in [-0.39, 0.29) is 16.7 Å². The lowest BCUT2D eigenvalue weighted by Crippen LogP contribution is -2.17. The van der Waals surface area contributed by atoms with Crippen molar-refractivity contribution in [3.05, 3.63) is 34.6 Å². The average Bonchev–Trinajstić information content (AvgIpc) is 2.16. The molecule has 1 rings (SSSR count). The zero-order chi connectivity index (χ0) is 15.0. The fraction of sp³-hybridized carbons (Fsp3) is 0.500. The number of phenolic OH excluding ortho intramolecular Hbond substituents is 1. The van der Waals surface area contributed by atoms with Gasteiger partial charge in [-0.3, -0.25) is 0 Å². The van der Waals surface area contributed by atoms with Gasteiger partial charge in [-0.25, -0.2) is 0 Å². The Kier molecular flexibility index (Phi) is 3.89. The second kappa shape index (κ2) is 4.80. The molecule has 0 heterocycles.